The average molecular weight is 366 g/mol. The maximum absolute atomic E-state index is 12.4. The van der Waals surface area contributed by atoms with E-state index < -0.39 is 0 Å². The smallest absolute Gasteiger partial charge is 0.280 e. The van der Waals surface area contributed by atoms with Gasteiger partial charge in [-0.1, -0.05) is 48.2 Å². The molecule has 0 aliphatic heterocycles. The molecule has 6 nitrogen and oxygen atoms in total. The van der Waals surface area contributed by atoms with E-state index in [4.69, 9.17) is 5.84 Å². The van der Waals surface area contributed by atoms with E-state index in [0.29, 0.717) is 16.1 Å². The highest BCUT2D eigenvalue weighted by Gasteiger charge is 2.23. The van der Waals surface area contributed by atoms with Crippen molar-refractivity contribution in [3.8, 4) is 0 Å². The van der Waals surface area contributed by atoms with Crippen LogP contribution < -0.4 is 16.7 Å². The number of nitrogens with one attached hydrogen (secondary N) is 1. The fourth-order valence-electron chi connectivity index (χ4n) is 3.30. The molecule has 3 aromatic rings. The molecule has 1 aliphatic carbocycles. The standard InChI is InChI=1S/C19H18N4O2S/c20-23-18(25)14-7-3-4-8-15(14)22-19(23)26-11-17(24)21-16-10-9-12-5-1-2-6-13(12)16/h1-8,16H,9-11,20H2,(H,21,24)/t16-/m0/s1. The van der Waals surface area contributed by atoms with Crippen LogP contribution in [-0.4, -0.2) is 21.3 Å². The van der Waals surface area contributed by atoms with Crippen LogP contribution in [0, 0.1) is 0 Å². The van der Waals surface area contributed by atoms with Crippen molar-refractivity contribution in [1.29, 1.82) is 0 Å². The normalized spacial score (nSPS) is 15.8. The summed E-state index contributed by atoms with van der Waals surface area (Å²) in [5.41, 5.74) is 2.73. The van der Waals surface area contributed by atoms with Crippen molar-refractivity contribution < 1.29 is 4.79 Å². The Labute approximate surface area is 154 Å². The summed E-state index contributed by atoms with van der Waals surface area (Å²) in [5, 5.41) is 3.85. The summed E-state index contributed by atoms with van der Waals surface area (Å²) >= 11 is 1.16. The first-order valence-electron chi connectivity index (χ1n) is 8.40. The maximum atomic E-state index is 12.4. The SMILES string of the molecule is Nn1c(SCC(=O)N[C@H]2CCc3ccccc32)nc2ccccc2c1=O. The summed E-state index contributed by atoms with van der Waals surface area (Å²) in [4.78, 5) is 29.0. The molecule has 0 saturated heterocycles. The lowest BCUT2D eigenvalue weighted by atomic mass is 10.1. The van der Waals surface area contributed by atoms with Crippen LogP contribution in [0.3, 0.4) is 0 Å². The molecule has 1 heterocycles. The number of aromatic nitrogens is 2. The summed E-state index contributed by atoms with van der Waals surface area (Å²) in [6, 6.07) is 15.2. The van der Waals surface area contributed by atoms with Gasteiger partial charge in [-0.25, -0.2) is 9.66 Å². The molecular formula is C19H18N4O2S. The molecule has 3 N–H and O–H groups in total. The van der Waals surface area contributed by atoms with E-state index in [2.05, 4.69) is 22.4 Å². The van der Waals surface area contributed by atoms with Gasteiger partial charge in [-0.3, -0.25) is 9.59 Å². The largest absolute Gasteiger partial charge is 0.349 e. The molecular weight excluding hydrogens is 348 g/mol. The molecule has 1 amide bonds. The van der Waals surface area contributed by atoms with Crippen LogP contribution in [0.5, 0.6) is 0 Å². The fraction of sp³-hybridized carbons (Fsp3) is 0.211. The van der Waals surface area contributed by atoms with Crippen molar-refractivity contribution in [1.82, 2.24) is 15.0 Å². The Hall–Kier alpha value is -2.80. The van der Waals surface area contributed by atoms with Crippen LogP contribution in [0.25, 0.3) is 10.9 Å². The van der Waals surface area contributed by atoms with E-state index in [-0.39, 0.29) is 23.3 Å². The number of nitrogens with zero attached hydrogens (tertiary/aromatic N) is 2. The van der Waals surface area contributed by atoms with Crippen LogP contribution in [0.4, 0.5) is 0 Å². The van der Waals surface area contributed by atoms with Gasteiger partial charge in [0.05, 0.1) is 22.7 Å². The Bertz CT molecular complexity index is 1050. The molecule has 0 unspecified atom stereocenters. The highest BCUT2D eigenvalue weighted by Crippen LogP contribution is 2.30. The number of nitrogens with two attached hydrogens (primary N) is 1. The molecule has 2 aromatic carbocycles. The lowest BCUT2D eigenvalue weighted by Gasteiger charge is -2.14. The third-order valence-corrected chi connectivity index (χ3v) is 5.53. The molecule has 7 heteroatoms. The molecule has 0 radical (unpaired) electrons. The summed E-state index contributed by atoms with van der Waals surface area (Å²) in [7, 11) is 0. The van der Waals surface area contributed by atoms with Gasteiger partial charge in [0.15, 0.2) is 5.16 Å². The third-order valence-electron chi connectivity index (χ3n) is 4.58. The highest BCUT2D eigenvalue weighted by molar-refractivity contribution is 7.99. The van der Waals surface area contributed by atoms with Crippen LogP contribution in [-0.2, 0) is 11.2 Å². The van der Waals surface area contributed by atoms with Gasteiger partial charge in [0.1, 0.15) is 0 Å². The lowest BCUT2D eigenvalue weighted by Crippen LogP contribution is -2.31. The second kappa shape index (κ2) is 6.84. The number of carbonyl (C=O) groups excluding carboxylic acids is 1. The fourth-order valence-corrected chi connectivity index (χ4v) is 4.03. The Morgan fingerprint density at radius 2 is 2.00 bits per heavy atom. The topological polar surface area (TPSA) is 90.0 Å². The lowest BCUT2D eigenvalue weighted by molar-refractivity contribution is -0.119. The van der Waals surface area contributed by atoms with Gasteiger partial charge in [0.2, 0.25) is 5.91 Å². The maximum Gasteiger partial charge on any atom is 0.280 e. The van der Waals surface area contributed by atoms with E-state index in [0.717, 1.165) is 29.3 Å². The number of fused-ring (bicyclic) bond motifs is 2. The van der Waals surface area contributed by atoms with E-state index in [1.807, 2.05) is 18.2 Å². The first-order valence-corrected chi connectivity index (χ1v) is 9.39. The molecule has 1 aromatic heterocycles. The number of carbonyl (C=O) groups is 1. The molecule has 4 rings (SSSR count). The van der Waals surface area contributed by atoms with Crippen molar-refractivity contribution in [3.63, 3.8) is 0 Å². The van der Waals surface area contributed by atoms with Gasteiger partial charge in [-0.05, 0) is 36.1 Å². The Kier molecular flexibility index (Phi) is 4.38. The van der Waals surface area contributed by atoms with Crippen molar-refractivity contribution in [2.24, 2.45) is 0 Å². The highest BCUT2D eigenvalue weighted by atomic mass is 32.2. The van der Waals surface area contributed by atoms with Crippen molar-refractivity contribution in [2.45, 2.75) is 24.0 Å². The monoisotopic (exact) mass is 366 g/mol. The number of thioether (sulfide) groups is 1. The van der Waals surface area contributed by atoms with Crippen LogP contribution in [0.15, 0.2) is 58.5 Å². The first kappa shape index (κ1) is 16.7. The average Bonchev–Trinajstić information content (AvgIpc) is 3.06. The Balaban J connectivity index is 1.46. The predicted molar refractivity (Wildman–Crippen MR) is 103 cm³/mol. The third kappa shape index (κ3) is 3.06. The van der Waals surface area contributed by atoms with E-state index in [9.17, 15) is 9.59 Å². The second-order valence-electron chi connectivity index (χ2n) is 6.23. The van der Waals surface area contributed by atoms with Gasteiger partial charge in [-0.15, -0.1) is 0 Å². The number of benzene rings is 2. The van der Waals surface area contributed by atoms with Crippen LogP contribution in [0.1, 0.15) is 23.6 Å². The molecule has 0 bridgehead atoms. The number of hydrogen-bond donors (Lipinski definition) is 2. The summed E-state index contributed by atoms with van der Waals surface area (Å²) in [6.07, 6.45) is 1.88. The molecule has 1 atom stereocenters. The molecule has 26 heavy (non-hydrogen) atoms. The second-order valence-corrected chi connectivity index (χ2v) is 7.18. The van der Waals surface area contributed by atoms with Crippen molar-refractivity contribution >= 4 is 28.6 Å². The quantitative estimate of drug-likeness (QED) is 0.419. The summed E-state index contributed by atoms with van der Waals surface area (Å²) in [6.45, 7) is 0. The number of para-hydroxylation sites is 1. The van der Waals surface area contributed by atoms with Crippen molar-refractivity contribution in [3.05, 3.63) is 70.0 Å². The predicted octanol–water partition coefficient (Wildman–Crippen LogP) is 2.01. The van der Waals surface area contributed by atoms with E-state index >= 15 is 0 Å². The molecule has 132 valence electrons. The van der Waals surface area contributed by atoms with E-state index in [1.54, 1.807) is 18.2 Å². The number of aryl methyl sites for hydroxylation is 1. The molecule has 0 spiro atoms. The van der Waals surface area contributed by atoms with Crippen LogP contribution in [0.2, 0.25) is 0 Å². The molecule has 0 saturated carbocycles. The zero-order chi connectivity index (χ0) is 18.1. The molecule has 0 fully saturated rings. The summed E-state index contributed by atoms with van der Waals surface area (Å²) in [5.74, 6) is 5.91. The summed E-state index contributed by atoms with van der Waals surface area (Å²) < 4.78 is 1.01. The number of hydrogen-bond acceptors (Lipinski definition) is 5. The number of amides is 1. The minimum Gasteiger partial charge on any atom is -0.349 e. The zero-order valence-corrected chi connectivity index (χ0v) is 14.8. The van der Waals surface area contributed by atoms with Crippen LogP contribution >= 0.6 is 11.8 Å². The van der Waals surface area contributed by atoms with Gasteiger partial charge >= 0.3 is 0 Å². The number of rotatable bonds is 4. The van der Waals surface area contributed by atoms with Crippen molar-refractivity contribution in [2.75, 3.05) is 11.6 Å². The first-order chi connectivity index (χ1) is 12.6. The minimum atomic E-state index is -0.316. The van der Waals surface area contributed by atoms with Gasteiger partial charge in [0, 0.05) is 0 Å². The Morgan fingerprint density at radius 3 is 2.88 bits per heavy atom. The Morgan fingerprint density at radius 1 is 1.23 bits per heavy atom. The zero-order valence-electron chi connectivity index (χ0n) is 14.0. The van der Waals surface area contributed by atoms with E-state index in [1.165, 1.54) is 11.1 Å². The van der Waals surface area contributed by atoms with Gasteiger partial charge < -0.3 is 11.2 Å². The minimum absolute atomic E-state index is 0.0453. The van der Waals surface area contributed by atoms with Gasteiger partial charge in [0.25, 0.3) is 5.56 Å². The number of nitrogen functional groups attached to an aromatic ring is 1. The van der Waals surface area contributed by atoms with Gasteiger partial charge in [-0.2, -0.15) is 0 Å². The molecule has 1 aliphatic rings.